The molecule has 2 N–H and O–H groups in total. The quantitative estimate of drug-likeness (QED) is 0.304. The maximum absolute atomic E-state index is 11.6. The first-order chi connectivity index (χ1) is 18.7. The van der Waals surface area contributed by atoms with E-state index in [1.807, 2.05) is 18.3 Å². The van der Waals surface area contributed by atoms with Gasteiger partial charge in [-0.25, -0.2) is 0 Å². The second-order valence-electron chi connectivity index (χ2n) is 15.8. The van der Waals surface area contributed by atoms with Crippen LogP contribution < -0.4 is 0 Å². The van der Waals surface area contributed by atoms with E-state index >= 15 is 0 Å². The zero-order valence-electron chi connectivity index (χ0n) is 27.7. The molecule has 0 saturated heterocycles. The summed E-state index contributed by atoms with van der Waals surface area (Å²) in [5, 5.41) is 23.2. The molecule has 1 heterocycles. The molecule has 224 valence electrons. The largest absolute Gasteiger partial charge is 0.507 e. The van der Waals surface area contributed by atoms with E-state index in [0.29, 0.717) is 24.6 Å². The van der Waals surface area contributed by atoms with E-state index in [4.69, 9.17) is 0 Å². The topological polar surface area (TPSA) is 56.6 Å². The van der Waals surface area contributed by atoms with Crippen molar-refractivity contribution >= 4 is 0 Å². The number of hydrogen-bond acceptors (Lipinski definition) is 4. The molecule has 0 aliphatic heterocycles. The van der Waals surface area contributed by atoms with Crippen molar-refractivity contribution in [1.82, 2.24) is 9.88 Å². The van der Waals surface area contributed by atoms with Crippen molar-refractivity contribution < 1.29 is 10.2 Å². The smallest absolute Gasteiger partial charge is 0.123 e. The third kappa shape index (κ3) is 8.35. The first-order valence-electron chi connectivity index (χ1n) is 15.0. The van der Waals surface area contributed by atoms with E-state index in [0.717, 1.165) is 40.9 Å². The van der Waals surface area contributed by atoms with Crippen molar-refractivity contribution in [3.05, 3.63) is 87.7 Å². The molecule has 0 unspecified atom stereocenters. The van der Waals surface area contributed by atoms with Gasteiger partial charge in [0.2, 0.25) is 0 Å². The Bertz CT molecular complexity index is 1250. The summed E-state index contributed by atoms with van der Waals surface area (Å²) in [6.45, 7) is 28.1. The van der Waals surface area contributed by atoms with Crippen molar-refractivity contribution in [2.24, 2.45) is 0 Å². The molecule has 3 rings (SSSR count). The van der Waals surface area contributed by atoms with Crippen LogP contribution in [-0.4, -0.2) is 26.6 Å². The zero-order chi connectivity index (χ0) is 31.0. The Hall–Kier alpha value is -2.85. The average Bonchev–Trinajstić information content (AvgIpc) is 2.82. The fourth-order valence-corrected chi connectivity index (χ4v) is 5.15. The van der Waals surface area contributed by atoms with Gasteiger partial charge in [-0.15, -0.1) is 0 Å². The van der Waals surface area contributed by atoms with Gasteiger partial charge >= 0.3 is 0 Å². The van der Waals surface area contributed by atoms with Crippen LogP contribution in [-0.2, 0) is 41.2 Å². The highest BCUT2D eigenvalue weighted by Crippen LogP contribution is 2.40. The van der Waals surface area contributed by atoms with E-state index in [9.17, 15) is 10.2 Å². The molecule has 0 aliphatic carbocycles. The molecule has 0 radical (unpaired) electrons. The van der Waals surface area contributed by atoms with Gasteiger partial charge in [0, 0.05) is 49.1 Å². The van der Waals surface area contributed by atoms with Gasteiger partial charge in [-0.1, -0.05) is 113 Å². The molecule has 0 fully saturated rings. The predicted molar refractivity (Wildman–Crippen MR) is 173 cm³/mol. The monoisotopic (exact) mass is 558 g/mol. The Morgan fingerprint density at radius 2 is 1.05 bits per heavy atom. The molecule has 0 amide bonds. The summed E-state index contributed by atoms with van der Waals surface area (Å²) < 4.78 is 0. The first-order valence-corrected chi connectivity index (χ1v) is 15.0. The number of pyridine rings is 1. The van der Waals surface area contributed by atoms with Crippen LogP contribution in [0.5, 0.6) is 11.5 Å². The van der Waals surface area contributed by atoms with Crippen LogP contribution in [0.2, 0.25) is 0 Å². The Morgan fingerprint density at radius 3 is 1.39 bits per heavy atom. The molecule has 0 bridgehead atoms. The van der Waals surface area contributed by atoms with Crippen LogP contribution in [0, 0.1) is 0 Å². The normalized spacial score (nSPS) is 13.2. The van der Waals surface area contributed by atoms with Gasteiger partial charge in [0.25, 0.3) is 0 Å². The number of phenolic OH excluding ortho intramolecular Hbond substituents is 2. The van der Waals surface area contributed by atoms with Gasteiger partial charge in [-0.2, -0.15) is 0 Å². The van der Waals surface area contributed by atoms with Crippen molar-refractivity contribution in [2.75, 3.05) is 6.54 Å². The molecule has 0 saturated carbocycles. The lowest BCUT2D eigenvalue weighted by Gasteiger charge is -2.31. The minimum atomic E-state index is -0.195. The lowest BCUT2D eigenvalue weighted by atomic mass is 9.78. The summed E-state index contributed by atoms with van der Waals surface area (Å²) in [5.41, 5.74) is 6.75. The summed E-state index contributed by atoms with van der Waals surface area (Å²) in [6.07, 6.45) is 2.61. The summed E-state index contributed by atoms with van der Waals surface area (Å²) in [5.74, 6) is 0.743. The Morgan fingerprint density at radius 1 is 0.610 bits per heavy atom. The molecule has 2 aromatic carbocycles. The van der Waals surface area contributed by atoms with Crippen LogP contribution in [0.15, 0.2) is 48.7 Å². The Balaban J connectivity index is 2.14. The van der Waals surface area contributed by atoms with Crippen LogP contribution in [0.25, 0.3) is 0 Å². The molecule has 0 aliphatic rings. The van der Waals surface area contributed by atoms with Crippen molar-refractivity contribution in [2.45, 2.75) is 124 Å². The van der Waals surface area contributed by atoms with E-state index in [1.165, 1.54) is 11.1 Å². The molecular weight excluding hydrogens is 504 g/mol. The van der Waals surface area contributed by atoms with Crippen LogP contribution >= 0.6 is 0 Å². The number of hydrogen-bond donors (Lipinski definition) is 2. The van der Waals surface area contributed by atoms with Crippen molar-refractivity contribution in [1.29, 1.82) is 0 Å². The van der Waals surface area contributed by atoms with Gasteiger partial charge in [0.15, 0.2) is 0 Å². The number of benzene rings is 2. The summed E-state index contributed by atoms with van der Waals surface area (Å²) in [6, 6.07) is 14.7. The summed E-state index contributed by atoms with van der Waals surface area (Å²) in [7, 11) is 0. The summed E-state index contributed by atoms with van der Waals surface area (Å²) >= 11 is 0. The highest BCUT2D eigenvalue weighted by molar-refractivity contribution is 5.50. The van der Waals surface area contributed by atoms with E-state index in [-0.39, 0.29) is 21.7 Å². The third-order valence-corrected chi connectivity index (χ3v) is 7.92. The fraction of sp³-hybridized carbons (Fsp3) is 0.541. The Kier molecular flexibility index (Phi) is 9.40. The van der Waals surface area contributed by atoms with Crippen LogP contribution in [0.1, 0.15) is 122 Å². The maximum Gasteiger partial charge on any atom is 0.123 e. The van der Waals surface area contributed by atoms with Gasteiger partial charge in [0.05, 0.1) is 0 Å². The number of rotatable bonds is 7. The molecule has 4 nitrogen and oxygen atoms in total. The second-order valence-corrected chi connectivity index (χ2v) is 15.8. The minimum Gasteiger partial charge on any atom is -0.507 e. The van der Waals surface area contributed by atoms with Gasteiger partial charge in [0.1, 0.15) is 11.5 Å². The Labute approximate surface area is 249 Å². The molecule has 0 spiro atoms. The SMILES string of the molecule is CC(C)(C)c1cc(CN(CCc2ccccn2)Cc2cc(C(C)(C)C)cc(C(C)(C)C)c2O)c(O)c(C(C)(C)C)c1. The number of aromatic nitrogens is 1. The van der Waals surface area contributed by atoms with Gasteiger partial charge in [-0.3, -0.25) is 9.88 Å². The lowest BCUT2D eigenvalue weighted by molar-refractivity contribution is 0.250. The lowest BCUT2D eigenvalue weighted by Crippen LogP contribution is -2.27. The summed E-state index contributed by atoms with van der Waals surface area (Å²) in [4.78, 5) is 6.90. The van der Waals surface area contributed by atoms with Crippen LogP contribution in [0.4, 0.5) is 0 Å². The first kappa shape index (κ1) is 32.7. The van der Waals surface area contributed by atoms with Crippen LogP contribution in [0.3, 0.4) is 0 Å². The number of phenols is 2. The molecule has 3 aromatic rings. The number of nitrogens with zero attached hydrogens (tertiary/aromatic N) is 2. The zero-order valence-corrected chi connectivity index (χ0v) is 27.7. The molecule has 41 heavy (non-hydrogen) atoms. The van der Waals surface area contributed by atoms with E-state index < -0.39 is 0 Å². The van der Waals surface area contributed by atoms with Crippen molar-refractivity contribution in [3.63, 3.8) is 0 Å². The standard InChI is InChI=1S/C37H54N2O2/c1-34(2,3)27-19-25(32(40)30(21-27)36(7,8)9)23-39(18-16-29-15-13-14-17-38-29)24-26-20-28(35(4,5)6)22-31(33(26)41)37(10,11)12/h13-15,17,19-22,40-41H,16,18,23-24H2,1-12H3. The molecule has 1 aromatic heterocycles. The highest BCUT2D eigenvalue weighted by atomic mass is 16.3. The van der Waals surface area contributed by atoms with Gasteiger partial charge in [-0.05, 0) is 56.0 Å². The maximum atomic E-state index is 11.6. The highest BCUT2D eigenvalue weighted by Gasteiger charge is 2.28. The third-order valence-electron chi connectivity index (χ3n) is 7.92. The number of aromatic hydroxyl groups is 2. The second kappa shape index (κ2) is 11.8. The molecular formula is C37H54N2O2. The van der Waals surface area contributed by atoms with E-state index in [1.54, 1.807) is 0 Å². The average molecular weight is 559 g/mol. The minimum absolute atomic E-state index is 0.0534. The van der Waals surface area contributed by atoms with Gasteiger partial charge < -0.3 is 10.2 Å². The molecule has 4 heteroatoms. The fourth-order valence-electron chi connectivity index (χ4n) is 5.15. The van der Waals surface area contributed by atoms with E-state index in [2.05, 4.69) is 123 Å². The van der Waals surface area contributed by atoms with Crippen molar-refractivity contribution in [3.8, 4) is 11.5 Å². The predicted octanol–water partition coefficient (Wildman–Crippen LogP) is 8.93. The molecule has 0 atom stereocenters.